The summed E-state index contributed by atoms with van der Waals surface area (Å²) in [6.07, 6.45) is 0.855. The van der Waals surface area contributed by atoms with Crippen LogP contribution in [0.3, 0.4) is 0 Å². The van der Waals surface area contributed by atoms with Gasteiger partial charge in [-0.25, -0.2) is 5.10 Å². The molecule has 0 spiro atoms. The summed E-state index contributed by atoms with van der Waals surface area (Å²) in [6, 6.07) is 2.28. The normalized spacial score (nSPS) is 13.1. The number of oxime groups is 1. The van der Waals surface area contributed by atoms with Gasteiger partial charge in [0, 0.05) is 18.5 Å². The van der Waals surface area contributed by atoms with E-state index in [9.17, 15) is 9.59 Å². The number of aromatic amines is 1. The number of carbonyl (C=O) groups excluding carboxylic acids is 1. The Bertz CT molecular complexity index is 476. The molecule has 0 bridgehead atoms. The minimum atomic E-state index is -0.427. The zero-order valence-corrected chi connectivity index (χ0v) is 9.88. The molecule has 1 heterocycles. The maximum atomic E-state index is 11.8. The van der Waals surface area contributed by atoms with Crippen LogP contribution in [0.25, 0.3) is 0 Å². The molecule has 8 nitrogen and oxygen atoms in total. The predicted octanol–water partition coefficient (Wildman–Crippen LogP) is -0.585. The highest BCUT2D eigenvalue weighted by Crippen LogP contribution is 1.99. The van der Waals surface area contributed by atoms with Crippen LogP contribution in [0, 0.1) is 0 Å². The van der Waals surface area contributed by atoms with E-state index in [4.69, 9.17) is 10.9 Å². The molecule has 0 aliphatic carbocycles. The van der Waals surface area contributed by atoms with Crippen molar-refractivity contribution in [3.63, 3.8) is 0 Å². The average molecular weight is 253 g/mol. The van der Waals surface area contributed by atoms with E-state index in [0.717, 1.165) is 0 Å². The second-order valence-electron chi connectivity index (χ2n) is 3.68. The highest BCUT2D eigenvalue weighted by Gasteiger charge is 2.14. The number of aromatic nitrogens is 2. The predicted molar refractivity (Wildman–Crippen MR) is 64.4 cm³/mol. The lowest BCUT2D eigenvalue weighted by atomic mass is 10.1. The number of H-pyrrole nitrogens is 1. The van der Waals surface area contributed by atoms with E-state index in [1.54, 1.807) is 0 Å². The summed E-state index contributed by atoms with van der Waals surface area (Å²) in [5.41, 5.74) is 5.09. The molecule has 0 saturated carbocycles. The molecule has 8 heteroatoms. The number of amidine groups is 1. The lowest BCUT2D eigenvalue weighted by Crippen LogP contribution is -2.38. The summed E-state index contributed by atoms with van der Waals surface area (Å²) in [6.45, 7) is 1.86. The molecular formula is C10H15N5O3. The van der Waals surface area contributed by atoms with Crippen LogP contribution >= 0.6 is 0 Å². The Labute approximate surface area is 103 Å². The van der Waals surface area contributed by atoms with Crippen molar-refractivity contribution in [2.45, 2.75) is 25.8 Å². The molecule has 1 atom stereocenters. The fourth-order valence-corrected chi connectivity index (χ4v) is 1.32. The van der Waals surface area contributed by atoms with Gasteiger partial charge in [-0.2, -0.15) is 5.10 Å². The van der Waals surface area contributed by atoms with Crippen molar-refractivity contribution in [2.75, 3.05) is 0 Å². The Kier molecular flexibility index (Phi) is 4.85. The molecular weight excluding hydrogens is 238 g/mol. The molecule has 1 aromatic heterocycles. The SMILES string of the molecule is CCC(C/C(N)=N/O)NC(=O)c1ccc(=O)[nH]n1. The van der Waals surface area contributed by atoms with Crippen LogP contribution in [0.4, 0.5) is 0 Å². The van der Waals surface area contributed by atoms with Crippen molar-refractivity contribution >= 4 is 11.7 Å². The number of nitrogens with zero attached hydrogens (tertiary/aromatic N) is 2. The third kappa shape index (κ3) is 3.89. The van der Waals surface area contributed by atoms with Gasteiger partial charge in [0.05, 0.1) is 0 Å². The van der Waals surface area contributed by atoms with Crippen LogP contribution in [0.1, 0.15) is 30.3 Å². The van der Waals surface area contributed by atoms with Gasteiger partial charge >= 0.3 is 0 Å². The number of amides is 1. The Balaban J connectivity index is 2.67. The van der Waals surface area contributed by atoms with E-state index in [0.29, 0.717) is 6.42 Å². The number of nitrogens with one attached hydrogen (secondary N) is 2. The second kappa shape index (κ2) is 6.38. The largest absolute Gasteiger partial charge is 0.409 e. The van der Waals surface area contributed by atoms with Crippen LogP contribution < -0.4 is 16.6 Å². The van der Waals surface area contributed by atoms with Crippen molar-refractivity contribution in [1.82, 2.24) is 15.5 Å². The third-order valence-corrected chi connectivity index (χ3v) is 2.32. The highest BCUT2D eigenvalue weighted by molar-refractivity contribution is 5.92. The fourth-order valence-electron chi connectivity index (χ4n) is 1.32. The first-order valence-electron chi connectivity index (χ1n) is 5.39. The van der Waals surface area contributed by atoms with Gasteiger partial charge < -0.3 is 16.3 Å². The minimum absolute atomic E-state index is 0.0385. The van der Waals surface area contributed by atoms with Gasteiger partial charge in [-0.1, -0.05) is 12.1 Å². The maximum Gasteiger partial charge on any atom is 0.271 e. The molecule has 0 fully saturated rings. The van der Waals surface area contributed by atoms with E-state index < -0.39 is 5.91 Å². The fraction of sp³-hybridized carbons (Fsp3) is 0.400. The summed E-state index contributed by atoms with van der Waals surface area (Å²) in [7, 11) is 0. The van der Waals surface area contributed by atoms with Crippen molar-refractivity contribution in [2.24, 2.45) is 10.9 Å². The molecule has 1 aromatic rings. The van der Waals surface area contributed by atoms with Crippen molar-refractivity contribution < 1.29 is 10.0 Å². The number of hydrogen-bond donors (Lipinski definition) is 4. The Morgan fingerprint density at radius 2 is 2.39 bits per heavy atom. The molecule has 0 aliphatic heterocycles. The Morgan fingerprint density at radius 1 is 1.67 bits per heavy atom. The second-order valence-corrected chi connectivity index (χ2v) is 3.68. The van der Waals surface area contributed by atoms with E-state index in [1.165, 1.54) is 12.1 Å². The van der Waals surface area contributed by atoms with Gasteiger partial charge in [-0.15, -0.1) is 0 Å². The van der Waals surface area contributed by atoms with E-state index >= 15 is 0 Å². The van der Waals surface area contributed by atoms with Gasteiger partial charge in [0.2, 0.25) is 0 Å². The zero-order valence-electron chi connectivity index (χ0n) is 9.88. The lowest BCUT2D eigenvalue weighted by molar-refractivity contribution is 0.0930. The first-order chi connectivity index (χ1) is 8.56. The van der Waals surface area contributed by atoms with Gasteiger partial charge in [0.25, 0.3) is 11.5 Å². The number of nitrogens with two attached hydrogens (primary N) is 1. The van der Waals surface area contributed by atoms with E-state index in [-0.39, 0.29) is 29.6 Å². The van der Waals surface area contributed by atoms with Crippen LogP contribution in [0.15, 0.2) is 22.1 Å². The lowest BCUT2D eigenvalue weighted by Gasteiger charge is -2.15. The zero-order chi connectivity index (χ0) is 13.5. The summed E-state index contributed by atoms with van der Waals surface area (Å²) >= 11 is 0. The summed E-state index contributed by atoms with van der Waals surface area (Å²) in [4.78, 5) is 22.6. The van der Waals surface area contributed by atoms with Crippen molar-refractivity contribution in [3.8, 4) is 0 Å². The average Bonchev–Trinajstić information content (AvgIpc) is 2.38. The minimum Gasteiger partial charge on any atom is -0.409 e. The third-order valence-electron chi connectivity index (χ3n) is 2.32. The quantitative estimate of drug-likeness (QED) is 0.241. The number of hydrogen-bond acceptors (Lipinski definition) is 5. The monoisotopic (exact) mass is 253 g/mol. The molecule has 98 valence electrons. The number of carbonyl (C=O) groups is 1. The van der Waals surface area contributed by atoms with Gasteiger partial charge in [0.15, 0.2) is 0 Å². The molecule has 0 radical (unpaired) electrons. The van der Waals surface area contributed by atoms with Crippen LogP contribution in [-0.4, -0.2) is 33.2 Å². The van der Waals surface area contributed by atoms with Crippen LogP contribution in [0.2, 0.25) is 0 Å². The molecule has 1 amide bonds. The van der Waals surface area contributed by atoms with E-state index in [2.05, 4.69) is 20.7 Å². The highest BCUT2D eigenvalue weighted by atomic mass is 16.4. The maximum absolute atomic E-state index is 11.8. The molecule has 18 heavy (non-hydrogen) atoms. The van der Waals surface area contributed by atoms with Crippen molar-refractivity contribution in [3.05, 3.63) is 28.2 Å². The summed E-state index contributed by atoms with van der Waals surface area (Å²) in [5.74, 6) is -0.389. The Morgan fingerprint density at radius 3 is 2.89 bits per heavy atom. The summed E-state index contributed by atoms with van der Waals surface area (Å²) in [5, 5.41) is 19.8. The molecule has 5 N–H and O–H groups in total. The number of rotatable bonds is 5. The standard InChI is InChI=1S/C10H15N5O3/c1-2-6(5-8(11)15-18)12-10(17)7-3-4-9(16)14-13-7/h3-4,6,18H,2,5H2,1H3,(H2,11,15)(H,12,17)(H,14,16). The Hall–Kier alpha value is -2.38. The summed E-state index contributed by atoms with van der Waals surface area (Å²) < 4.78 is 0. The van der Waals surface area contributed by atoms with Crippen LogP contribution in [-0.2, 0) is 0 Å². The van der Waals surface area contributed by atoms with Gasteiger partial charge in [-0.05, 0) is 12.5 Å². The topological polar surface area (TPSA) is 133 Å². The first-order valence-corrected chi connectivity index (χ1v) is 5.39. The van der Waals surface area contributed by atoms with Crippen molar-refractivity contribution in [1.29, 1.82) is 0 Å². The first kappa shape index (κ1) is 13.7. The van der Waals surface area contributed by atoms with Crippen LogP contribution in [0.5, 0.6) is 0 Å². The molecule has 0 aromatic carbocycles. The molecule has 1 unspecified atom stereocenters. The molecule has 1 rings (SSSR count). The van der Waals surface area contributed by atoms with E-state index in [1.807, 2.05) is 6.92 Å². The smallest absolute Gasteiger partial charge is 0.271 e. The van der Waals surface area contributed by atoms with Gasteiger partial charge in [0.1, 0.15) is 11.5 Å². The molecule has 0 saturated heterocycles. The van der Waals surface area contributed by atoms with Gasteiger partial charge in [-0.3, -0.25) is 9.59 Å². The molecule has 0 aliphatic rings.